The third-order valence-corrected chi connectivity index (χ3v) is 4.55. The van der Waals surface area contributed by atoms with Gasteiger partial charge in [-0.25, -0.2) is 0 Å². The number of amides is 1. The highest BCUT2D eigenvalue weighted by Gasteiger charge is 2.12. The van der Waals surface area contributed by atoms with Gasteiger partial charge in [0.1, 0.15) is 5.75 Å². The fraction of sp³-hybridized carbons (Fsp3) is 0.529. The molecule has 0 saturated heterocycles. The summed E-state index contributed by atoms with van der Waals surface area (Å²) < 4.78 is 5.31. The maximum Gasteiger partial charge on any atom is 0.230 e. The van der Waals surface area contributed by atoms with E-state index < -0.39 is 0 Å². The Kier molecular flexibility index (Phi) is 7.45. The number of hydrogen-bond acceptors (Lipinski definition) is 4. The molecule has 0 bridgehead atoms. The second-order valence-electron chi connectivity index (χ2n) is 5.68. The number of nitrogens with one attached hydrogen (secondary N) is 1. The first-order chi connectivity index (χ1) is 10.3. The van der Waals surface area contributed by atoms with Gasteiger partial charge in [0.2, 0.25) is 5.91 Å². The minimum Gasteiger partial charge on any atom is -0.496 e. The van der Waals surface area contributed by atoms with Crippen molar-refractivity contribution in [2.45, 2.75) is 39.5 Å². The Morgan fingerprint density at radius 3 is 2.50 bits per heavy atom. The molecule has 0 aliphatic heterocycles. The van der Waals surface area contributed by atoms with Crippen LogP contribution in [-0.2, 0) is 10.5 Å². The van der Waals surface area contributed by atoms with Crippen molar-refractivity contribution in [2.24, 2.45) is 5.92 Å². The molecule has 0 heterocycles. The van der Waals surface area contributed by atoms with E-state index in [4.69, 9.17) is 4.74 Å². The lowest BCUT2D eigenvalue weighted by atomic mass is 10.1. The second-order valence-corrected chi connectivity index (χ2v) is 6.66. The highest BCUT2D eigenvalue weighted by Crippen LogP contribution is 2.24. The molecule has 1 amide bonds. The summed E-state index contributed by atoms with van der Waals surface area (Å²) >= 11 is 1.51. The van der Waals surface area contributed by atoms with Crippen molar-refractivity contribution in [2.75, 3.05) is 12.9 Å². The molecule has 1 aromatic carbocycles. The zero-order valence-corrected chi connectivity index (χ0v) is 14.8. The highest BCUT2D eigenvalue weighted by atomic mass is 32.2. The van der Waals surface area contributed by atoms with E-state index in [-0.39, 0.29) is 17.7 Å². The normalized spacial score (nSPS) is 12.1. The number of ether oxygens (including phenoxy) is 1. The number of ketones is 1. The fourth-order valence-corrected chi connectivity index (χ4v) is 2.64. The van der Waals surface area contributed by atoms with Gasteiger partial charge in [0.15, 0.2) is 5.78 Å². The summed E-state index contributed by atoms with van der Waals surface area (Å²) in [6.45, 7) is 7.71. The van der Waals surface area contributed by atoms with E-state index in [2.05, 4.69) is 19.2 Å². The van der Waals surface area contributed by atoms with E-state index in [0.717, 1.165) is 11.3 Å². The van der Waals surface area contributed by atoms with Gasteiger partial charge in [-0.2, -0.15) is 0 Å². The minimum absolute atomic E-state index is 0.0254. The molecule has 0 radical (unpaired) electrons. The lowest BCUT2D eigenvalue weighted by molar-refractivity contribution is -0.119. The number of rotatable bonds is 8. The Balaban J connectivity index is 2.58. The zero-order valence-electron chi connectivity index (χ0n) is 13.9. The van der Waals surface area contributed by atoms with Gasteiger partial charge >= 0.3 is 0 Å². The van der Waals surface area contributed by atoms with Crippen LogP contribution in [0.2, 0.25) is 0 Å². The first kappa shape index (κ1) is 18.6. The predicted molar refractivity (Wildman–Crippen MR) is 91.6 cm³/mol. The molecule has 5 heteroatoms. The number of methoxy groups -OCH3 is 1. The van der Waals surface area contributed by atoms with Crippen LogP contribution in [0, 0.1) is 5.92 Å². The number of thioether (sulfide) groups is 1. The van der Waals surface area contributed by atoms with Crippen molar-refractivity contribution < 1.29 is 14.3 Å². The van der Waals surface area contributed by atoms with Crippen molar-refractivity contribution in [1.82, 2.24) is 5.32 Å². The van der Waals surface area contributed by atoms with Gasteiger partial charge in [-0.1, -0.05) is 13.8 Å². The van der Waals surface area contributed by atoms with Crippen LogP contribution in [-0.4, -0.2) is 30.6 Å². The standard InChI is InChI=1S/C17H25NO3S/c1-11(2)12(3)18-17(20)10-22-9-15-8-14(13(4)19)6-7-16(15)21-5/h6-8,11-12H,9-10H2,1-5H3,(H,18,20)/t12-/m0/s1. The van der Waals surface area contributed by atoms with Crippen molar-refractivity contribution in [3.05, 3.63) is 29.3 Å². The topological polar surface area (TPSA) is 55.4 Å². The van der Waals surface area contributed by atoms with Gasteiger partial charge in [-0.3, -0.25) is 9.59 Å². The summed E-state index contributed by atoms with van der Waals surface area (Å²) in [7, 11) is 1.61. The third kappa shape index (κ3) is 5.72. The Morgan fingerprint density at radius 2 is 1.95 bits per heavy atom. The van der Waals surface area contributed by atoms with Gasteiger partial charge < -0.3 is 10.1 Å². The molecule has 1 aromatic rings. The predicted octanol–water partition coefficient (Wildman–Crippen LogP) is 3.29. The summed E-state index contributed by atoms with van der Waals surface area (Å²) in [5, 5.41) is 2.98. The molecule has 122 valence electrons. The zero-order chi connectivity index (χ0) is 16.7. The van der Waals surface area contributed by atoms with E-state index in [0.29, 0.717) is 23.0 Å². The highest BCUT2D eigenvalue weighted by molar-refractivity contribution is 7.99. The molecule has 1 N–H and O–H groups in total. The molecule has 0 saturated carbocycles. The molecular formula is C17H25NO3S. The number of carbonyl (C=O) groups is 2. The fourth-order valence-electron chi connectivity index (χ4n) is 1.83. The second kappa shape index (κ2) is 8.83. The van der Waals surface area contributed by atoms with Gasteiger partial charge in [0.25, 0.3) is 0 Å². The number of Topliss-reactive ketones (excluding diaryl/α,β-unsaturated/α-hetero) is 1. The molecule has 0 aromatic heterocycles. The average molecular weight is 323 g/mol. The van der Waals surface area contributed by atoms with Gasteiger partial charge in [-0.05, 0) is 38.0 Å². The van der Waals surface area contributed by atoms with Crippen LogP contribution >= 0.6 is 11.8 Å². The number of benzene rings is 1. The number of hydrogen-bond donors (Lipinski definition) is 1. The van der Waals surface area contributed by atoms with Crippen LogP contribution in [0.4, 0.5) is 0 Å². The van der Waals surface area contributed by atoms with Crippen LogP contribution < -0.4 is 10.1 Å². The van der Waals surface area contributed by atoms with Crippen LogP contribution in [0.25, 0.3) is 0 Å². The Morgan fingerprint density at radius 1 is 1.27 bits per heavy atom. The van der Waals surface area contributed by atoms with Crippen molar-refractivity contribution in [3.63, 3.8) is 0 Å². The van der Waals surface area contributed by atoms with Crippen LogP contribution in [0.3, 0.4) is 0 Å². The maximum atomic E-state index is 11.9. The summed E-state index contributed by atoms with van der Waals surface area (Å²) in [5.41, 5.74) is 1.60. The van der Waals surface area contributed by atoms with E-state index >= 15 is 0 Å². The minimum atomic E-state index is 0.0254. The molecule has 0 aliphatic rings. The van der Waals surface area contributed by atoms with E-state index in [1.165, 1.54) is 11.8 Å². The molecule has 0 spiro atoms. The van der Waals surface area contributed by atoms with Crippen molar-refractivity contribution >= 4 is 23.5 Å². The summed E-state index contributed by atoms with van der Waals surface area (Å²) in [5.74, 6) is 2.25. The first-order valence-electron chi connectivity index (χ1n) is 7.40. The molecular weight excluding hydrogens is 298 g/mol. The lowest BCUT2D eigenvalue weighted by Gasteiger charge is -2.17. The maximum absolute atomic E-state index is 11.9. The monoisotopic (exact) mass is 323 g/mol. The van der Waals surface area contributed by atoms with E-state index in [1.807, 2.05) is 13.0 Å². The van der Waals surface area contributed by atoms with Crippen LogP contribution in [0.1, 0.15) is 43.6 Å². The SMILES string of the molecule is COc1ccc(C(C)=O)cc1CSCC(=O)N[C@@H](C)C(C)C. The molecule has 4 nitrogen and oxygen atoms in total. The lowest BCUT2D eigenvalue weighted by Crippen LogP contribution is -2.37. The van der Waals surface area contributed by atoms with Crippen LogP contribution in [0.5, 0.6) is 5.75 Å². The summed E-state index contributed by atoms with van der Waals surface area (Å²) in [6, 6.07) is 5.56. The van der Waals surface area contributed by atoms with Gasteiger partial charge in [-0.15, -0.1) is 11.8 Å². The van der Waals surface area contributed by atoms with Crippen molar-refractivity contribution in [1.29, 1.82) is 0 Å². The Bertz CT molecular complexity index is 529. The molecule has 0 aliphatic carbocycles. The van der Waals surface area contributed by atoms with Gasteiger partial charge in [0, 0.05) is 22.9 Å². The summed E-state index contributed by atoms with van der Waals surface area (Å²) in [4.78, 5) is 23.3. The number of carbonyl (C=O) groups excluding carboxylic acids is 2. The molecule has 22 heavy (non-hydrogen) atoms. The van der Waals surface area contributed by atoms with Crippen LogP contribution in [0.15, 0.2) is 18.2 Å². The average Bonchev–Trinajstić information content (AvgIpc) is 2.46. The van der Waals surface area contributed by atoms with Gasteiger partial charge in [0.05, 0.1) is 12.9 Å². The van der Waals surface area contributed by atoms with E-state index in [9.17, 15) is 9.59 Å². The molecule has 0 unspecified atom stereocenters. The third-order valence-electron chi connectivity index (χ3n) is 3.57. The smallest absolute Gasteiger partial charge is 0.230 e. The molecule has 1 rings (SSSR count). The Labute approximate surface area is 137 Å². The molecule has 0 fully saturated rings. The summed E-state index contributed by atoms with van der Waals surface area (Å²) in [6.07, 6.45) is 0. The molecule has 1 atom stereocenters. The first-order valence-corrected chi connectivity index (χ1v) is 8.55. The quantitative estimate of drug-likeness (QED) is 0.746. The van der Waals surface area contributed by atoms with E-state index in [1.54, 1.807) is 26.2 Å². The largest absolute Gasteiger partial charge is 0.496 e. The van der Waals surface area contributed by atoms with Crippen molar-refractivity contribution in [3.8, 4) is 5.75 Å². The Hall–Kier alpha value is -1.49.